The maximum Gasteiger partial charge on any atom is 0.271 e. The van der Waals surface area contributed by atoms with E-state index in [1.807, 2.05) is 30.6 Å². The third kappa shape index (κ3) is 4.62. The molecular formula is C23H24N4O5S. The van der Waals surface area contributed by atoms with Crippen LogP contribution in [0.15, 0.2) is 71.9 Å². The number of carbonyl (C=O) groups is 2. The Morgan fingerprint density at radius 1 is 0.909 bits per heavy atom. The number of nitrogens with zero attached hydrogens (tertiary/aromatic N) is 2. The first-order chi connectivity index (χ1) is 15.9. The van der Waals surface area contributed by atoms with E-state index >= 15 is 0 Å². The van der Waals surface area contributed by atoms with E-state index in [9.17, 15) is 18.0 Å². The van der Waals surface area contributed by atoms with Gasteiger partial charge in [0.1, 0.15) is 10.6 Å². The number of amides is 2. The molecule has 9 nitrogen and oxygen atoms in total. The number of hydrazine groups is 1. The van der Waals surface area contributed by atoms with Gasteiger partial charge in [0.15, 0.2) is 0 Å². The molecular weight excluding hydrogens is 444 g/mol. The van der Waals surface area contributed by atoms with E-state index in [1.165, 1.54) is 29.6 Å². The molecule has 1 aliphatic rings. The quantitative estimate of drug-likeness (QED) is 0.540. The Morgan fingerprint density at radius 2 is 1.58 bits per heavy atom. The highest BCUT2D eigenvalue weighted by Gasteiger charge is 2.30. The third-order valence-electron chi connectivity index (χ3n) is 5.43. The second kappa shape index (κ2) is 9.47. The zero-order chi connectivity index (χ0) is 23.4. The molecule has 2 amide bonds. The van der Waals surface area contributed by atoms with Gasteiger partial charge in [0.2, 0.25) is 10.0 Å². The molecule has 33 heavy (non-hydrogen) atoms. The lowest BCUT2D eigenvalue weighted by Crippen LogP contribution is -2.42. The van der Waals surface area contributed by atoms with Crippen LogP contribution in [0.1, 0.15) is 33.6 Å². The van der Waals surface area contributed by atoms with Gasteiger partial charge in [-0.05, 0) is 55.3 Å². The number of hydrogen-bond donors (Lipinski definition) is 2. The highest BCUT2D eigenvalue weighted by molar-refractivity contribution is 7.89. The highest BCUT2D eigenvalue weighted by Crippen LogP contribution is 2.29. The van der Waals surface area contributed by atoms with Gasteiger partial charge in [0, 0.05) is 31.0 Å². The van der Waals surface area contributed by atoms with E-state index in [0.717, 1.165) is 12.8 Å². The number of aromatic nitrogens is 1. The number of benzene rings is 2. The lowest BCUT2D eigenvalue weighted by molar-refractivity contribution is 0.0846. The van der Waals surface area contributed by atoms with Gasteiger partial charge in [0.05, 0.1) is 18.4 Å². The number of nitrogens with one attached hydrogen (secondary N) is 2. The first-order valence-electron chi connectivity index (χ1n) is 10.4. The summed E-state index contributed by atoms with van der Waals surface area (Å²) in [4.78, 5) is 25.4. The molecule has 2 N–H and O–H groups in total. The zero-order valence-corrected chi connectivity index (χ0v) is 18.8. The van der Waals surface area contributed by atoms with E-state index in [1.54, 1.807) is 22.8 Å². The van der Waals surface area contributed by atoms with Crippen LogP contribution in [0.3, 0.4) is 0 Å². The van der Waals surface area contributed by atoms with Crippen molar-refractivity contribution in [3.63, 3.8) is 0 Å². The molecule has 1 aromatic heterocycles. The Kier molecular flexibility index (Phi) is 6.47. The van der Waals surface area contributed by atoms with Crippen LogP contribution in [0.5, 0.6) is 5.75 Å². The van der Waals surface area contributed by atoms with Gasteiger partial charge in [-0.2, -0.15) is 4.31 Å². The van der Waals surface area contributed by atoms with Crippen LogP contribution in [-0.2, 0) is 10.0 Å². The molecule has 0 saturated carbocycles. The molecule has 0 radical (unpaired) electrons. The normalized spacial score (nSPS) is 14.1. The van der Waals surface area contributed by atoms with Gasteiger partial charge in [-0.25, -0.2) is 8.42 Å². The average molecular weight is 469 g/mol. The van der Waals surface area contributed by atoms with Crippen molar-refractivity contribution >= 4 is 21.8 Å². The Balaban J connectivity index is 1.52. The Labute approximate surface area is 192 Å². The summed E-state index contributed by atoms with van der Waals surface area (Å²) < 4.78 is 34.5. The minimum absolute atomic E-state index is 0.0765. The van der Waals surface area contributed by atoms with E-state index in [0.29, 0.717) is 24.3 Å². The topological polar surface area (TPSA) is 110 Å². The number of hydrogen-bond acceptors (Lipinski definition) is 5. The van der Waals surface area contributed by atoms with Crippen LogP contribution >= 0.6 is 0 Å². The van der Waals surface area contributed by atoms with Gasteiger partial charge < -0.3 is 9.30 Å². The molecule has 1 saturated heterocycles. The second-order valence-electron chi connectivity index (χ2n) is 7.49. The minimum atomic E-state index is -3.80. The van der Waals surface area contributed by atoms with E-state index < -0.39 is 21.8 Å². The number of sulfonamides is 1. The molecule has 4 rings (SSSR count). The summed E-state index contributed by atoms with van der Waals surface area (Å²) in [5, 5.41) is 0. The van der Waals surface area contributed by atoms with E-state index in [-0.39, 0.29) is 16.2 Å². The number of methoxy groups -OCH3 is 1. The number of rotatable bonds is 6. The SMILES string of the molecule is COc1ccc(C(=O)NNC(=O)c2ccccc2-n2cccc2)cc1S(=O)(=O)N1CCCC1. The largest absolute Gasteiger partial charge is 0.495 e. The van der Waals surface area contributed by atoms with Gasteiger partial charge in [-0.15, -0.1) is 0 Å². The summed E-state index contributed by atoms with van der Waals surface area (Å²) >= 11 is 0. The molecule has 0 spiro atoms. The Bertz CT molecular complexity index is 1270. The second-order valence-corrected chi connectivity index (χ2v) is 9.40. The molecule has 0 bridgehead atoms. The summed E-state index contributed by atoms with van der Waals surface area (Å²) in [7, 11) is -2.43. The van der Waals surface area contributed by atoms with Gasteiger partial charge in [-0.3, -0.25) is 20.4 Å². The molecule has 3 aromatic rings. The smallest absolute Gasteiger partial charge is 0.271 e. The third-order valence-corrected chi connectivity index (χ3v) is 7.35. The predicted molar refractivity (Wildman–Crippen MR) is 122 cm³/mol. The molecule has 2 aromatic carbocycles. The first kappa shape index (κ1) is 22.6. The molecule has 1 fully saturated rings. The number of carbonyl (C=O) groups excluding carboxylic acids is 2. The number of para-hydroxylation sites is 1. The minimum Gasteiger partial charge on any atom is -0.495 e. The van der Waals surface area contributed by atoms with Crippen molar-refractivity contribution in [1.29, 1.82) is 0 Å². The fraction of sp³-hybridized carbons (Fsp3) is 0.217. The van der Waals surface area contributed by atoms with Crippen molar-refractivity contribution in [2.24, 2.45) is 0 Å². The van der Waals surface area contributed by atoms with Crippen LogP contribution in [0.4, 0.5) is 0 Å². The van der Waals surface area contributed by atoms with Crippen molar-refractivity contribution in [1.82, 2.24) is 19.7 Å². The molecule has 0 aliphatic carbocycles. The summed E-state index contributed by atoms with van der Waals surface area (Å²) in [5.74, 6) is -1.00. The molecule has 1 aliphatic heterocycles. The van der Waals surface area contributed by atoms with Crippen LogP contribution in [-0.4, -0.2) is 49.3 Å². The maximum atomic E-state index is 13.0. The van der Waals surface area contributed by atoms with Crippen molar-refractivity contribution in [3.05, 3.63) is 78.1 Å². The molecule has 2 heterocycles. The Hall–Kier alpha value is -3.63. The van der Waals surface area contributed by atoms with Crippen molar-refractivity contribution in [2.75, 3.05) is 20.2 Å². The fourth-order valence-electron chi connectivity index (χ4n) is 3.73. The standard InChI is InChI=1S/C23H24N4O5S/c1-32-20-11-10-17(16-21(20)33(30,31)27-14-6-7-15-27)22(28)24-25-23(29)18-8-2-3-9-19(18)26-12-4-5-13-26/h2-5,8-13,16H,6-7,14-15H2,1H3,(H,24,28)(H,25,29). The van der Waals surface area contributed by atoms with Gasteiger partial charge >= 0.3 is 0 Å². The molecule has 10 heteroatoms. The van der Waals surface area contributed by atoms with Crippen molar-refractivity contribution in [2.45, 2.75) is 17.7 Å². The molecule has 172 valence electrons. The van der Waals surface area contributed by atoms with E-state index in [4.69, 9.17) is 4.74 Å². The van der Waals surface area contributed by atoms with Gasteiger partial charge in [0.25, 0.3) is 11.8 Å². The Morgan fingerprint density at radius 3 is 2.27 bits per heavy atom. The number of ether oxygens (including phenoxy) is 1. The van der Waals surface area contributed by atoms with Crippen molar-refractivity contribution in [3.8, 4) is 11.4 Å². The highest BCUT2D eigenvalue weighted by atomic mass is 32.2. The van der Waals surface area contributed by atoms with Crippen molar-refractivity contribution < 1.29 is 22.7 Å². The summed E-state index contributed by atoms with van der Waals surface area (Å²) in [6.07, 6.45) is 5.20. The van der Waals surface area contributed by atoms with Crippen LogP contribution < -0.4 is 15.6 Å². The van der Waals surface area contributed by atoms with Crippen LogP contribution in [0, 0.1) is 0 Å². The fourth-order valence-corrected chi connectivity index (χ4v) is 5.42. The average Bonchev–Trinajstić information content (AvgIpc) is 3.57. The van der Waals surface area contributed by atoms with Gasteiger partial charge in [-0.1, -0.05) is 12.1 Å². The summed E-state index contributed by atoms with van der Waals surface area (Å²) in [6, 6.07) is 14.8. The molecule has 0 atom stereocenters. The lowest BCUT2D eigenvalue weighted by Gasteiger charge is -2.18. The summed E-state index contributed by atoms with van der Waals surface area (Å²) in [6.45, 7) is 0.859. The van der Waals surface area contributed by atoms with Crippen LogP contribution in [0.2, 0.25) is 0 Å². The van der Waals surface area contributed by atoms with E-state index in [2.05, 4.69) is 10.9 Å². The maximum absolute atomic E-state index is 13.0. The predicted octanol–water partition coefficient (Wildman–Crippen LogP) is 2.35. The van der Waals surface area contributed by atoms with Crippen LogP contribution in [0.25, 0.3) is 5.69 Å². The summed E-state index contributed by atoms with van der Waals surface area (Å²) in [5.41, 5.74) is 5.85. The lowest BCUT2D eigenvalue weighted by atomic mass is 10.1. The zero-order valence-electron chi connectivity index (χ0n) is 18.0. The monoisotopic (exact) mass is 468 g/mol. The molecule has 0 unspecified atom stereocenters. The first-order valence-corrected chi connectivity index (χ1v) is 11.9.